The van der Waals surface area contributed by atoms with Crippen LogP contribution in [0.25, 0.3) is 0 Å². The molecule has 0 bridgehead atoms. The highest BCUT2D eigenvalue weighted by Crippen LogP contribution is 2.41. The van der Waals surface area contributed by atoms with Gasteiger partial charge in [-0.2, -0.15) is 0 Å². The van der Waals surface area contributed by atoms with Crippen LogP contribution in [0.1, 0.15) is 32.1 Å². The minimum Gasteiger partial charge on any atom is -0.328 e. The standard InChI is InChI=1S/C8H18NO4P/c9-6-8(13-14(10,11)12)7-4-2-1-3-5-7/h7-8H,1-6,9H2,(H2,10,11,12). The van der Waals surface area contributed by atoms with Crippen molar-refractivity contribution in [3.63, 3.8) is 0 Å². The van der Waals surface area contributed by atoms with E-state index in [-0.39, 0.29) is 12.5 Å². The van der Waals surface area contributed by atoms with Crippen LogP contribution in [-0.4, -0.2) is 22.4 Å². The summed E-state index contributed by atoms with van der Waals surface area (Å²) < 4.78 is 15.3. The van der Waals surface area contributed by atoms with E-state index < -0.39 is 13.9 Å². The van der Waals surface area contributed by atoms with Crippen LogP contribution in [0.5, 0.6) is 0 Å². The predicted octanol–water partition coefficient (Wildman–Crippen LogP) is 1.00. The van der Waals surface area contributed by atoms with Crippen molar-refractivity contribution in [3.8, 4) is 0 Å². The average molecular weight is 223 g/mol. The fourth-order valence-corrected chi connectivity index (χ4v) is 2.61. The Balaban J connectivity index is 2.47. The monoisotopic (exact) mass is 223 g/mol. The zero-order chi connectivity index (χ0) is 10.6. The van der Waals surface area contributed by atoms with E-state index in [0.717, 1.165) is 25.7 Å². The van der Waals surface area contributed by atoms with Crippen molar-refractivity contribution < 1.29 is 18.9 Å². The molecule has 1 fully saturated rings. The number of phosphoric ester groups is 1. The highest BCUT2D eigenvalue weighted by molar-refractivity contribution is 7.46. The van der Waals surface area contributed by atoms with Crippen LogP contribution in [0, 0.1) is 5.92 Å². The molecule has 0 heterocycles. The molecule has 0 radical (unpaired) electrons. The molecule has 14 heavy (non-hydrogen) atoms. The van der Waals surface area contributed by atoms with Crippen LogP contribution >= 0.6 is 7.82 Å². The third-order valence-electron chi connectivity index (χ3n) is 2.68. The first-order valence-corrected chi connectivity index (χ1v) is 6.50. The molecule has 0 aromatic heterocycles. The second kappa shape index (κ2) is 5.24. The molecular formula is C8H18NO4P. The van der Waals surface area contributed by atoms with Gasteiger partial charge >= 0.3 is 7.82 Å². The van der Waals surface area contributed by atoms with Gasteiger partial charge in [0, 0.05) is 6.54 Å². The van der Waals surface area contributed by atoms with Crippen LogP contribution in [0.2, 0.25) is 0 Å². The highest BCUT2D eigenvalue weighted by atomic mass is 31.2. The Morgan fingerprint density at radius 2 is 1.93 bits per heavy atom. The van der Waals surface area contributed by atoms with E-state index in [9.17, 15) is 4.57 Å². The van der Waals surface area contributed by atoms with Gasteiger partial charge in [-0.15, -0.1) is 0 Å². The summed E-state index contributed by atoms with van der Waals surface area (Å²) in [6.07, 6.45) is 4.83. The second-order valence-electron chi connectivity index (χ2n) is 3.77. The summed E-state index contributed by atoms with van der Waals surface area (Å²) in [5.74, 6) is 0.210. The van der Waals surface area contributed by atoms with Crippen LogP contribution in [-0.2, 0) is 9.09 Å². The summed E-state index contributed by atoms with van der Waals surface area (Å²) in [5, 5.41) is 0. The Labute approximate surface area is 83.9 Å². The lowest BCUT2D eigenvalue weighted by molar-refractivity contribution is 0.0768. The Kier molecular flexibility index (Phi) is 4.54. The van der Waals surface area contributed by atoms with Crippen molar-refractivity contribution in [3.05, 3.63) is 0 Å². The summed E-state index contributed by atoms with van der Waals surface area (Å²) in [6.45, 7) is 0.176. The Morgan fingerprint density at radius 1 is 1.36 bits per heavy atom. The molecule has 0 amide bonds. The van der Waals surface area contributed by atoms with Crippen molar-refractivity contribution in [2.45, 2.75) is 38.2 Å². The van der Waals surface area contributed by atoms with Crippen LogP contribution < -0.4 is 5.73 Å². The van der Waals surface area contributed by atoms with E-state index in [1.54, 1.807) is 0 Å². The molecule has 6 heteroatoms. The number of rotatable bonds is 4. The molecule has 0 spiro atoms. The van der Waals surface area contributed by atoms with Crippen LogP contribution in [0.4, 0.5) is 0 Å². The first-order chi connectivity index (χ1) is 6.53. The van der Waals surface area contributed by atoms with Crippen molar-refractivity contribution in [1.29, 1.82) is 0 Å². The number of nitrogens with two attached hydrogens (primary N) is 1. The molecule has 1 rings (SSSR count). The van der Waals surface area contributed by atoms with Crippen LogP contribution in [0.3, 0.4) is 0 Å². The normalized spacial score (nSPS) is 22.2. The fraction of sp³-hybridized carbons (Fsp3) is 1.00. The van der Waals surface area contributed by atoms with Crippen molar-refractivity contribution >= 4 is 7.82 Å². The van der Waals surface area contributed by atoms with Crippen molar-refractivity contribution in [1.82, 2.24) is 0 Å². The minimum atomic E-state index is -4.39. The Hall–Kier alpha value is 0.0700. The van der Waals surface area contributed by atoms with E-state index in [0.29, 0.717) is 0 Å². The van der Waals surface area contributed by atoms with Gasteiger partial charge in [-0.05, 0) is 18.8 Å². The summed E-state index contributed by atoms with van der Waals surface area (Å²) in [5.41, 5.74) is 5.44. The molecule has 0 aromatic carbocycles. The molecule has 0 saturated heterocycles. The van der Waals surface area contributed by atoms with E-state index in [2.05, 4.69) is 4.52 Å². The SMILES string of the molecule is NCC(OP(=O)(O)O)C1CCCCC1. The maximum absolute atomic E-state index is 10.7. The summed E-state index contributed by atoms with van der Waals surface area (Å²) in [6, 6.07) is 0. The van der Waals surface area contributed by atoms with Gasteiger partial charge in [-0.1, -0.05) is 19.3 Å². The minimum absolute atomic E-state index is 0.176. The quantitative estimate of drug-likeness (QED) is 0.618. The maximum atomic E-state index is 10.7. The van der Waals surface area contributed by atoms with Gasteiger partial charge in [0.25, 0.3) is 0 Å². The predicted molar refractivity (Wildman–Crippen MR) is 52.5 cm³/mol. The summed E-state index contributed by atoms with van der Waals surface area (Å²) in [4.78, 5) is 17.4. The zero-order valence-electron chi connectivity index (χ0n) is 8.13. The first-order valence-electron chi connectivity index (χ1n) is 4.97. The molecule has 5 nitrogen and oxygen atoms in total. The molecule has 84 valence electrons. The summed E-state index contributed by atoms with van der Waals surface area (Å²) in [7, 11) is -4.39. The van der Waals surface area contributed by atoms with Crippen molar-refractivity contribution in [2.24, 2.45) is 11.7 Å². The van der Waals surface area contributed by atoms with Gasteiger partial charge in [0.05, 0.1) is 6.10 Å². The van der Waals surface area contributed by atoms with E-state index in [1.165, 1.54) is 6.42 Å². The lowest BCUT2D eigenvalue weighted by Gasteiger charge is -2.29. The summed E-state index contributed by atoms with van der Waals surface area (Å²) >= 11 is 0. The van der Waals surface area contributed by atoms with Gasteiger partial charge in [0.2, 0.25) is 0 Å². The highest BCUT2D eigenvalue weighted by Gasteiger charge is 2.29. The Morgan fingerprint density at radius 3 is 2.36 bits per heavy atom. The third kappa shape index (κ3) is 4.07. The molecule has 4 N–H and O–H groups in total. The number of phosphoric acid groups is 1. The molecular weight excluding hydrogens is 205 g/mol. The lowest BCUT2D eigenvalue weighted by atomic mass is 9.85. The maximum Gasteiger partial charge on any atom is 0.469 e. The van der Waals surface area contributed by atoms with Gasteiger partial charge in [-0.25, -0.2) is 4.57 Å². The largest absolute Gasteiger partial charge is 0.469 e. The van der Waals surface area contributed by atoms with E-state index in [4.69, 9.17) is 15.5 Å². The topological polar surface area (TPSA) is 92.8 Å². The van der Waals surface area contributed by atoms with Crippen LogP contribution in [0.15, 0.2) is 0 Å². The molecule has 0 aliphatic heterocycles. The molecule has 1 aliphatic carbocycles. The Bertz CT molecular complexity index is 211. The van der Waals surface area contributed by atoms with Gasteiger partial charge in [0.1, 0.15) is 0 Å². The van der Waals surface area contributed by atoms with Gasteiger partial charge in [-0.3, -0.25) is 4.52 Å². The van der Waals surface area contributed by atoms with Gasteiger partial charge in [0.15, 0.2) is 0 Å². The molecule has 1 saturated carbocycles. The first kappa shape index (κ1) is 12.1. The third-order valence-corrected chi connectivity index (χ3v) is 3.23. The zero-order valence-corrected chi connectivity index (χ0v) is 9.03. The fourth-order valence-electron chi connectivity index (χ4n) is 2.00. The smallest absolute Gasteiger partial charge is 0.328 e. The van der Waals surface area contributed by atoms with E-state index in [1.807, 2.05) is 0 Å². The number of hydrogen-bond donors (Lipinski definition) is 3. The second-order valence-corrected chi connectivity index (χ2v) is 4.96. The molecule has 1 atom stereocenters. The van der Waals surface area contributed by atoms with Gasteiger partial charge < -0.3 is 15.5 Å². The lowest BCUT2D eigenvalue weighted by Crippen LogP contribution is -2.32. The average Bonchev–Trinajstić information content (AvgIpc) is 2.14. The number of hydrogen-bond acceptors (Lipinski definition) is 3. The molecule has 1 unspecified atom stereocenters. The molecule has 0 aromatic rings. The van der Waals surface area contributed by atoms with Crippen molar-refractivity contribution in [2.75, 3.05) is 6.54 Å². The molecule has 1 aliphatic rings. The van der Waals surface area contributed by atoms with E-state index >= 15 is 0 Å².